The van der Waals surface area contributed by atoms with Crippen molar-refractivity contribution < 1.29 is 4.79 Å². The monoisotopic (exact) mass is 297 g/mol. The second-order valence-electron chi connectivity index (χ2n) is 4.47. The van der Waals surface area contributed by atoms with E-state index in [1.54, 1.807) is 6.92 Å². The number of carbonyl (C=O) groups is 1. The van der Waals surface area contributed by atoms with Crippen LogP contribution in [0.15, 0.2) is 22.7 Å². The Labute approximate surface area is 112 Å². The lowest BCUT2D eigenvalue weighted by molar-refractivity contribution is 0.101. The number of halogens is 1. The molecule has 0 amide bonds. The van der Waals surface area contributed by atoms with Crippen LogP contribution in [0.2, 0.25) is 0 Å². The van der Waals surface area contributed by atoms with E-state index in [9.17, 15) is 4.79 Å². The molecule has 0 saturated carbocycles. The van der Waals surface area contributed by atoms with Gasteiger partial charge in [0, 0.05) is 28.8 Å². The molecule has 3 heteroatoms. The van der Waals surface area contributed by atoms with Crippen molar-refractivity contribution >= 4 is 27.4 Å². The minimum atomic E-state index is 0.0904. The summed E-state index contributed by atoms with van der Waals surface area (Å²) in [7, 11) is 2.09. The summed E-state index contributed by atoms with van der Waals surface area (Å²) >= 11 is 3.46. The van der Waals surface area contributed by atoms with Gasteiger partial charge in [-0.05, 0) is 54.4 Å². The highest BCUT2D eigenvalue weighted by atomic mass is 79.9. The number of rotatable bonds is 5. The van der Waals surface area contributed by atoms with E-state index < -0.39 is 0 Å². The van der Waals surface area contributed by atoms with E-state index >= 15 is 0 Å². The number of hydrogen-bond acceptors (Lipinski definition) is 2. The van der Waals surface area contributed by atoms with Crippen LogP contribution in [0.3, 0.4) is 0 Å². The van der Waals surface area contributed by atoms with E-state index in [0.29, 0.717) is 6.04 Å². The number of carbonyl (C=O) groups excluding carboxylic acids is 1. The van der Waals surface area contributed by atoms with Crippen molar-refractivity contribution in [2.24, 2.45) is 0 Å². The van der Waals surface area contributed by atoms with Crippen LogP contribution >= 0.6 is 15.9 Å². The van der Waals surface area contributed by atoms with E-state index in [1.807, 2.05) is 18.2 Å². The van der Waals surface area contributed by atoms with Gasteiger partial charge in [0.1, 0.15) is 0 Å². The van der Waals surface area contributed by atoms with Gasteiger partial charge in [0.05, 0.1) is 0 Å². The van der Waals surface area contributed by atoms with Gasteiger partial charge < -0.3 is 4.90 Å². The van der Waals surface area contributed by atoms with Crippen molar-refractivity contribution in [2.45, 2.75) is 39.7 Å². The highest BCUT2D eigenvalue weighted by Crippen LogP contribution is 2.25. The lowest BCUT2D eigenvalue weighted by Gasteiger charge is -2.27. The Morgan fingerprint density at radius 1 is 1.47 bits per heavy atom. The molecule has 17 heavy (non-hydrogen) atoms. The predicted molar refractivity (Wildman–Crippen MR) is 76.9 cm³/mol. The lowest BCUT2D eigenvalue weighted by atomic mass is 10.1. The Kier molecular flexibility index (Phi) is 5.19. The summed E-state index contributed by atoms with van der Waals surface area (Å²) in [6.07, 6.45) is 2.35. The quantitative estimate of drug-likeness (QED) is 0.756. The standard InChI is InChI=1S/C14H20BrNO/c1-5-6-10(2)16(4)12-7-8-13(11(3)17)14(15)9-12/h7-10H,5-6H2,1-4H3. The highest BCUT2D eigenvalue weighted by molar-refractivity contribution is 9.10. The number of Topliss-reactive ketones (excluding diaryl/α,β-unsaturated/α-hetero) is 1. The maximum atomic E-state index is 11.3. The zero-order valence-electron chi connectivity index (χ0n) is 11.0. The van der Waals surface area contributed by atoms with Crippen LogP contribution < -0.4 is 4.90 Å². The summed E-state index contributed by atoms with van der Waals surface area (Å²) in [6.45, 7) is 6.00. The highest BCUT2D eigenvalue weighted by Gasteiger charge is 2.12. The van der Waals surface area contributed by atoms with Gasteiger partial charge in [-0.1, -0.05) is 13.3 Å². The van der Waals surface area contributed by atoms with Gasteiger partial charge in [0.15, 0.2) is 5.78 Å². The minimum absolute atomic E-state index is 0.0904. The van der Waals surface area contributed by atoms with Crippen molar-refractivity contribution in [3.63, 3.8) is 0 Å². The molecule has 0 bridgehead atoms. The van der Waals surface area contributed by atoms with Crippen molar-refractivity contribution in [2.75, 3.05) is 11.9 Å². The molecular formula is C14H20BrNO. The normalized spacial score (nSPS) is 12.3. The molecule has 0 aliphatic heterocycles. The largest absolute Gasteiger partial charge is 0.372 e. The molecule has 1 rings (SSSR count). The summed E-state index contributed by atoms with van der Waals surface area (Å²) in [5, 5.41) is 0. The average molecular weight is 298 g/mol. The Hall–Kier alpha value is -0.830. The molecule has 1 unspecified atom stereocenters. The van der Waals surface area contributed by atoms with Crippen LogP contribution in [0.5, 0.6) is 0 Å². The molecule has 0 N–H and O–H groups in total. The smallest absolute Gasteiger partial charge is 0.160 e. The Balaban J connectivity index is 2.93. The molecule has 0 aliphatic rings. The average Bonchev–Trinajstić information content (AvgIpc) is 2.27. The van der Waals surface area contributed by atoms with Crippen LogP contribution in [-0.2, 0) is 0 Å². The maximum absolute atomic E-state index is 11.3. The summed E-state index contributed by atoms with van der Waals surface area (Å²) in [5.74, 6) is 0.0904. The predicted octanol–water partition coefficient (Wildman–Crippen LogP) is 4.28. The first-order valence-electron chi connectivity index (χ1n) is 6.00. The van der Waals surface area contributed by atoms with Gasteiger partial charge in [-0.15, -0.1) is 0 Å². The molecule has 0 saturated heterocycles. The van der Waals surface area contributed by atoms with Gasteiger partial charge in [-0.3, -0.25) is 4.79 Å². The van der Waals surface area contributed by atoms with Crippen LogP contribution in [-0.4, -0.2) is 18.9 Å². The van der Waals surface area contributed by atoms with Crippen LogP contribution in [0.4, 0.5) is 5.69 Å². The molecular weight excluding hydrogens is 278 g/mol. The second kappa shape index (κ2) is 6.20. The van der Waals surface area contributed by atoms with E-state index in [1.165, 1.54) is 12.8 Å². The molecule has 0 radical (unpaired) electrons. The third-order valence-corrected chi connectivity index (χ3v) is 3.76. The van der Waals surface area contributed by atoms with Crippen LogP contribution in [0, 0.1) is 0 Å². The second-order valence-corrected chi connectivity index (χ2v) is 5.32. The van der Waals surface area contributed by atoms with Crippen molar-refractivity contribution in [3.8, 4) is 0 Å². The topological polar surface area (TPSA) is 20.3 Å². The Morgan fingerprint density at radius 2 is 2.12 bits per heavy atom. The number of hydrogen-bond donors (Lipinski definition) is 0. The number of anilines is 1. The first kappa shape index (κ1) is 14.2. The molecule has 0 spiro atoms. The Morgan fingerprint density at radius 3 is 2.59 bits per heavy atom. The molecule has 94 valence electrons. The van der Waals surface area contributed by atoms with Gasteiger partial charge >= 0.3 is 0 Å². The summed E-state index contributed by atoms with van der Waals surface area (Å²) in [4.78, 5) is 13.6. The molecule has 1 aromatic carbocycles. The molecule has 0 fully saturated rings. The molecule has 1 atom stereocenters. The third-order valence-electron chi connectivity index (χ3n) is 3.11. The fourth-order valence-corrected chi connectivity index (χ4v) is 2.52. The van der Waals surface area contributed by atoms with Gasteiger partial charge in [-0.25, -0.2) is 0 Å². The fraction of sp³-hybridized carbons (Fsp3) is 0.500. The van der Waals surface area contributed by atoms with Crippen LogP contribution in [0.1, 0.15) is 44.0 Å². The Bertz CT molecular complexity index is 403. The van der Waals surface area contributed by atoms with E-state index in [-0.39, 0.29) is 5.78 Å². The lowest BCUT2D eigenvalue weighted by Crippen LogP contribution is -2.28. The van der Waals surface area contributed by atoms with Crippen molar-refractivity contribution in [1.29, 1.82) is 0 Å². The molecule has 0 heterocycles. The first-order chi connectivity index (χ1) is 7.97. The zero-order chi connectivity index (χ0) is 13.0. The zero-order valence-corrected chi connectivity index (χ0v) is 12.5. The summed E-state index contributed by atoms with van der Waals surface area (Å²) in [5.41, 5.74) is 1.88. The minimum Gasteiger partial charge on any atom is -0.372 e. The van der Waals surface area contributed by atoms with E-state index in [4.69, 9.17) is 0 Å². The molecule has 1 aromatic rings. The first-order valence-corrected chi connectivity index (χ1v) is 6.80. The molecule has 2 nitrogen and oxygen atoms in total. The molecule has 0 aromatic heterocycles. The van der Waals surface area contributed by atoms with Crippen molar-refractivity contribution in [1.82, 2.24) is 0 Å². The maximum Gasteiger partial charge on any atom is 0.160 e. The summed E-state index contributed by atoms with van der Waals surface area (Å²) < 4.78 is 0.873. The number of nitrogens with zero attached hydrogens (tertiary/aromatic N) is 1. The van der Waals surface area contributed by atoms with Gasteiger partial charge in [0.2, 0.25) is 0 Å². The van der Waals surface area contributed by atoms with Crippen molar-refractivity contribution in [3.05, 3.63) is 28.2 Å². The number of benzene rings is 1. The van der Waals surface area contributed by atoms with Gasteiger partial charge in [-0.2, -0.15) is 0 Å². The van der Waals surface area contributed by atoms with Gasteiger partial charge in [0.25, 0.3) is 0 Å². The summed E-state index contributed by atoms with van der Waals surface area (Å²) in [6, 6.07) is 6.42. The number of ketones is 1. The fourth-order valence-electron chi connectivity index (χ4n) is 1.87. The van der Waals surface area contributed by atoms with Crippen LogP contribution in [0.25, 0.3) is 0 Å². The molecule has 0 aliphatic carbocycles. The van der Waals surface area contributed by atoms with E-state index in [0.717, 1.165) is 15.7 Å². The SMILES string of the molecule is CCCC(C)N(C)c1ccc(C(C)=O)c(Br)c1. The van der Waals surface area contributed by atoms with E-state index in [2.05, 4.69) is 41.7 Å². The third kappa shape index (κ3) is 3.56.